The lowest BCUT2D eigenvalue weighted by Gasteiger charge is -2.24. The molecule has 1 amide bonds. The highest BCUT2D eigenvalue weighted by Crippen LogP contribution is 2.68. The Hall–Kier alpha value is -6.16. The highest BCUT2D eigenvalue weighted by Gasteiger charge is 2.67. The van der Waals surface area contributed by atoms with Crippen LogP contribution in [0.5, 0.6) is 5.88 Å². The van der Waals surface area contributed by atoms with Crippen LogP contribution in [0, 0.1) is 17.6 Å². The normalized spacial score (nSPS) is 17.0. The Labute approximate surface area is 346 Å². The van der Waals surface area contributed by atoms with Crippen molar-refractivity contribution in [1.29, 1.82) is 0 Å². The Balaban J connectivity index is 1.33. The lowest BCUT2D eigenvalue weighted by Crippen LogP contribution is -2.38. The molecule has 1 fully saturated rings. The maximum absolute atomic E-state index is 15.5. The van der Waals surface area contributed by atoms with E-state index in [0.717, 1.165) is 23.0 Å². The topological polar surface area (TPSA) is 177 Å². The van der Waals surface area contributed by atoms with Gasteiger partial charge < -0.3 is 14.8 Å². The quantitative estimate of drug-likeness (QED) is 0.0982. The van der Waals surface area contributed by atoms with Crippen LogP contribution in [0.4, 0.5) is 32.2 Å². The molecule has 61 heavy (non-hydrogen) atoms. The van der Waals surface area contributed by atoms with Crippen molar-refractivity contribution in [3.05, 3.63) is 110 Å². The second-order valence-corrected chi connectivity index (χ2v) is 16.7. The Morgan fingerprint density at radius 2 is 1.82 bits per heavy atom. The molecule has 2 N–H and O–H groups in total. The predicted molar refractivity (Wildman–Crippen MR) is 207 cm³/mol. The highest BCUT2D eigenvalue weighted by molar-refractivity contribution is 7.92. The molecular weight excluding hydrogens is 860 g/mol. The van der Waals surface area contributed by atoms with E-state index in [9.17, 15) is 35.6 Å². The number of rotatable bonds is 14. The first-order valence-corrected chi connectivity index (χ1v) is 20.5. The van der Waals surface area contributed by atoms with Crippen LogP contribution in [0.25, 0.3) is 27.6 Å². The minimum absolute atomic E-state index is 0.00639. The van der Waals surface area contributed by atoms with Crippen LogP contribution in [0.1, 0.15) is 53.1 Å². The molecule has 8 rings (SSSR count). The molecule has 2 aliphatic carbocycles. The van der Waals surface area contributed by atoms with Crippen molar-refractivity contribution in [1.82, 2.24) is 39.4 Å². The van der Waals surface area contributed by atoms with Crippen molar-refractivity contribution in [3.8, 4) is 11.6 Å². The van der Waals surface area contributed by atoms with Gasteiger partial charge in [-0.05, 0) is 48.2 Å². The molecule has 4 heterocycles. The number of aromatic nitrogens is 7. The van der Waals surface area contributed by atoms with Gasteiger partial charge in [-0.1, -0.05) is 18.2 Å². The molecule has 0 radical (unpaired) electrons. The number of methoxy groups -OCH3 is 1. The van der Waals surface area contributed by atoms with Gasteiger partial charge in [0.25, 0.3) is 17.9 Å². The number of carbonyl (C=O) groups excluding carboxylic acids is 1. The maximum atomic E-state index is 15.5. The number of nitrogens with one attached hydrogen (secondary N) is 2. The van der Waals surface area contributed by atoms with E-state index in [1.54, 1.807) is 0 Å². The SMILES string of the molecule is C=C(COc1ccc2c(=O)n(-c3ccc(Cl)c4c(NS(C)(=O)=O)nn(C)c34)c([C@H](Cc3cc(F)cc(F)c3)NC(=O)Cn3nc(C(F)F)c4c3C(F)(F)[C@@H]3C[C@H]43)nc2n1)OC. The molecule has 0 spiro atoms. The van der Waals surface area contributed by atoms with Crippen molar-refractivity contribution in [2.24, 2.45) is 13.0 Å². The number of alkyl halides is 4. The largest absolute Gasteiger partial charge is 0.498 e. The van der Waals surface area contributed by atoms with Crippen molar-refractivity contribution in [3.63, 3.8) is 0 Å². The summed E-state index contributed by atoms with van der Waals surface area (Å²) >= 11 is 6.59. The van der Waals surface area contributed by atoms with Gasteiger partial charge in [-0.2, -0.15) is 24.0 Å². The van der Waals surface area contributed by atoms with Gasteiger partial charge in [-0.15, -0.1) is 0 Å². The summed E-state index contributed by atoms with van der Waals surface area (Å²) in [5, 5.41) is 10.5. The van der Waals surface area contributed by atoms with Gasteiger partial charge in [0, 0.05) is 37.1 Å². The average Bonchev–Trinajstić information content (AvgIpc) is 3.71. The molecule has 3 atom stereocenters. The lowest BCUT2D eigenvalue weighted by atomic mass is 10.0. The lowest BCUT2D eigenvalue weighted by molar-refractivity contribution is -0.123. The number of halogens is 7. The van der Waals surface area contributed by atoms with E-state index >= 15 is 8.78 Å². The number of fused-ring (bicyclic) bond motifs is 5. The molecule has 15 nitrogen and oxygen atoms in total. The minimum Gasteiger partial charge on any atom is -0.498 e. The van der Waals surface area contributed by atoms with Crippen molar-refractivity contribution >= 4 is 55.3 Å². The molecule has 0 saturated heterocycles. The highest BCUT2D eigenvalue weighted by atomic mass is 35.5. The van der Waals surface area contributed by atoms with E-state index in [1.807, 2.05) is 0 Å². The summed E-state index contributed by atoms with van der Waals surface area (Å²) in [6.07, 6.45) is -2.86. The van der Waals surface area contributed by atoms with Gasteiger partial charge in [-0.25, -0.2) is 31.0 Å². The summed E-state index contributed by atoms with van der Waals surface area (Å²) in [6.45, 7) is 2.52. The van der Waals surface area contributed by atoms with Gasteiger partial charge in [0.05, 0.1) is 46.4 Å². The number of carbonyl (C=O) groups is 1. The molecule has 6 aromatic rings. The number of aryl methyl sites for hydroxylation is 1. The third-order valence-corrected chi connectivity index (χ3v) is 11.2. The standard InChI is InChI=1S/C38H32ClF6N9O6S/c1-16(59-3)15-60-27-8-5-20-34(47-27)48-36(54(37(20)56)25-7-6-23(39)29-31(25)52(2)50-35(29)51-61(4,57)58)24(11-17-9-18(40)12-19(41)10-17)46-26(55)14-53-32-28(30(49-53)33(42)43)21-13-22(21)38(32,44)45/h5-10,12,21-22,24,33H,1,11,13-15H2,2-4H3,(H,46,55)(H,50,51)/t21-,22+,24-/m0/s1. The molecule has 320 valence electrons. The molecule has 0 aliphatic heterocycles. The first kappa shape index (κ1) is 41.6. The van der Waals surface area contributed by atoms with Crippen LogP contribution >= 0.6 is 11.6 Å². The molecule has 2 aliphatic rings. The maximum Gasteiger partial charge on any atom is 0.293 e. The van der Waals surface area contributed by atoms with Gasteiger partial charge in [-0.3, -0.25) is 28.2 Å². The van der Waals surface area contributed by atoms with Crippen LogP contribution in [0.15, 0.2) is 59.6 Å². The molecule has 23 heteroatoms. The fourth-order valence-corrected chi connectivity index (χ4v) is 8.47. The molecular formula is C38H32ClF6N9O6S. The van der Waals surface area contributed by atoms with E-state index in [2.05, 4.69) is 36.8 Å². The molecule has 2 aromatic carbocycles. The second kappa shape index (κ2) is 15.1. The fraction of sp³-hybridized carbons (Fsp3) is 0.316. The van der Waals surface area contributed by atoms with Gasteiger partial charge >= 0.3 is 0 Å². The third-order valence-electron chi connectivity index (χ3n) is 10.3. The number of anilines is 1. The number of nitrogens with zero attached hydrogens (tertiary/aromatic N) is 7. The summed E-state index contributed by atoms with van der Waals surface area (Å²) in [5.41, 5.74) is -3.09. The summed E-state index contributed by atoms with van der Waals surface area (Å²) in [6, 6.07) is 6.34. The Bertz CT molecular complexity index is 2970. The Morgan fingerprint density at radius 3 is 2.49 bits per heavy atom. The molecule has 0 bridgehead atoms. The zero-order chi connectivity index (χ0) is 43.9. The molecule has 0 unspecified atom stereocenters. The van der Waals surface area contributed by atoms with E-state index in [-0.39, 0.29) is 80.1 Å². The van der Waals surface area contributed by atoms with Gasteiger partial charge in [0.1, 0.15) is 47.8 Å². The number of sulfonamides is 1. The number of amides is 1. The predicted octanol–water partition coefficient (Wildman–Crippen LogP) is 5.95. The van der Waals surface area contributed by atoms with E-state index in [4.69, 9.17) is 21.1 Å². The first-order chi connectivity index (χ1) is 28.7. The third kappa shape index (κ3) is 7.62. The zero-order valence-corrected chi connectivity index (χ0v) is 33.6. The van der Waals surface area contributed by atoms with E-state index < -0.39 is 87.7 Å². The Kier molecular flexibility index (Phi) is 10.3. The summed E-state index contributed by atoms with van der Waals surface area (Å²) in [5.74, 6) is -9.10. The first-order valence-electron chi connectivity index (χ1n) is 18.2. The van der Waals surface area contributed by atoms with Gasteiger partial charge in [0.2, 0.25) is 21.8 Å². The van der Waals surface area contributed by atoms with Gasteiger partial charge in [0.15, 0.2) is 11.5 Å². The van der Waals surface area contributed by atoms with Crippen molar-refractivity contribution < 1.29 is 49.0 Å². The molecule has 1 saturated carbocycles. The van der Waals surface area contributed by atoms with Crippen LogP contribution in [-0.2, 0) is 45.5 Å². The van der Waals surface area contributed by atoms with Crippen LogP contribution in [0.3, 0.4) is 0 Å². The molecule has 4 aromatic heterocycles. The summed E-state index contributed by atoms with van der Waals surface area (Å²) < 4.78 is 129. The minimum atomic E-state index is -3.92. The number of hydrogen-bond donors (Lipinski definition) is 2. The number of benzene rings is 2. The monoisotopic (exact) mass is 891 g/mol. The van der Waals surface area contributed by atoms with E-state index in [0.29, 0.717) is 10.7 Å². The van der Waals surface area contributed by atoms with Crippen LogP contribution in [0.2, 0.25) is 5.02 Å². The van der Waals surface area contributed by atoms with Crippen molar-refractivity contribution in [2.45, 2.75) is 43.7 Å². The Morgan fingerprint density at radius 1 is 1.10 bits per heavy atom. The van der Waals surface area contributed by atoms with Crippen LogP contribution in [-0.4, -0.2) is 68.4 Å². The van der Waals surface area contributed by atoms with E-state index in [1.165, 1.54) is 43.1 Å². The van der Waals surface area contributed by atoms with Crippen molar-refractivity contribution in [2.75, 3.05) is 24.7 Å². The summed E-state index contributed by atoms with van der Waals surface area (Å²) in [7, 11) is -1.12. The fourth-order valence-electron chi connectivity index (χ4n) is 7.74. The van der Waals surface area contributed by atoms with Crippen LogP contribution < -0.4 is 20.3 Å². The average molecular weight is 892 g/mol. The second-order valence-electron chi connectivity index (χ2n) is 14.6. The summed E-state index contributed by atoms with van der Waals surface area (Å²) in [4.78, 5) is 37.9. The number of ether oxygens (including phenoxy) is 2. The number of hydrogen-bond acceptors (Lipinski definition) is 10. The smallest absolute Gasteiger partial charge is 0.293 e. The number of pyridine rings is 1. The zero-order valence-electron chi connectivity index (χ0n) is 32.0.